The molecule has 0 spiro atoms. The molecule has 0 aliphatic heterocycles. The van der Waals surface area contributed by atoms with Crippen molar-refractivity contribution in [2.45, 2.75) is 6.32 Å². The summed E-state index contributed by atoms with van der Waals surface area (Å²) in [6.45, 7) is 0.121. The lowest BCUT2D eigenvalue weighted by Gasteiger charge is -2.07. The average Bonchev–Trinajstić information content (AvgIpc) is 2.35. The van der Waals surface area contributed by atoms with Crippen molar-refractivity contribution < 1.29 is 14.5 Å². The third-order valence-corrected chi connectivity index (χ3v) is 2.52. The molecular weight excluding hydrogens is 270 g/mol. The minimum atomic E-state index is -0.804. The van der Waals surface area contributed by atoms with Crippen LogP contribution in [-0.4, -0.2) is 25.3 Å². The van der Waals surface area contributed by atoms with Crippen LogP contribution < -0.4 is 10.5 Å². The first kappa shape index (κ1) is 15.0. The van der Waals surface area contributed by atoms with E-state index in [4.69, 9.17) is 29.9 Å². The number of allylic oxidation sites excluding steroid dienone is 1. The summed E-state index contributed by atoms with van der Waals surface area (Å²) in [5.41, 5.74) is 4.61. The molecule has 0 aliphatic carbocycles. The molecule has 98 valence electrons. The van der Waals surface area contributed by atoms with E-state index in [2.05, 4.69) is 0 Å². The Balaban J connectivity index is 3.11. The molecule has 2 N–H and O–H groups in total. The van der Waals surface area contributed by atoms with Crippen LogP contribution in [-0.2, 0) is 0 Å². The number of benzene rings is 1. The average molecular weight is 280 g/mol. The van der Waals surface area contributed by atoms with Crippen LogP contribution in [0.2, 0.25) is 11.3 Å². The van der Waals surface area contributed by atoms with Crippen molar-refractivity contribution in [3.8, 4) is 5.75 Å². The summed E-state index contributed by atoms with van der Waals surface area (Å²) in [6.07, 6.45) is 3.62. The van der Waals surface area contributed by atoms with Crippen LogP contribution in [0.5, 0.6) is 5.75 Å². The molecule has 1 aromatic rings. The second-order valence-corrected chi connectivity index (χ2v) is 3.82. The monoisotopic (exact) mass is 280 g/mol. The highest BCUT2D eigenvalue weighted by Gasteiger charge is 2.20. The first-order valence-corrected chi connectivity index (χ1v) is 5.60. The van der Waals surface area contributed by atoms with Gasteiger partial charge in [0.05, 0.1) is 12.8 Å². The zero-order valence-corrected chi connectivity index (χ0v) is 10.6. The molecule has 0 aliphatic rings. The van der Waals surface area contributed by atoms with Crippen molar-refractivity contribution in [1.29, 1.82) is 0 Å². The van der Waals surface area contributed by atoms with E-state index in [0.29, 0.717) is 6.32 Å². The molecule has 0 aromatic heterocycles. The van der Waals surface area contributed by atoms with Gasteiger partial charge in [-0.2, -0.15) is 0 Å². The van der Waals surface area contributed by atoms with E-state index in [1.165, 1.54) is 6.07 Å². The van der Waals surface area contributed by atoms with Gasteiger partial charge in [0.2, 0.25) is 5.91 Å². The first-order chi connectivity index (χ1) is 8.97. The minimum Gasteiger partial charge on any atom is -0.488 e. The Morgan fingerprint density at radius 2 is 2.21 bits per heavy atom. The van der Waals surface area contributed by atoms with Gasteiger partial charge in [-0.05, 0) is 6.07 Å². The molecule has 2 radical (unpaired) electrons. The fraction of sp³-hybridized carbons (Fsp3) is 0.182. The molecular formula is C11H10BClN2O4. The third-order valence-electron chi connectivity index (χ3n) is 2.14. The Hall–Kier alpha value is -2.02. The summed E-state index contributed by atoms with van der Waals surface area (Å²) in [4.78, 5) is 21.2. The minimum absolute atomic E-state index is 0.0198. The Morgan fingerprint density at radius 3 is 2.74 bits per heavy atom. The van der Waals surface area contributed by atoms with E-state index in [1.54, 1.807) is 12.2 Å². The third kappa shape index (κ3) is 3.99. The van der Waals surface area contributed by atoms with Gasteiger partial charge < -0.3 is 10.5 Å². The summed E-state index contributed by atoms with van der Waals surface area (Å²) >= 11 is 5.83. The largest absolute Gasteiger partial charge is 0.488 e. The number of primary amides is 1. The van der Waals surface area contributed by atoms with E-state index in [9.17, 15) is 14.9 Å². The van der Waals surface area contributed by atoms with Crippen LogP contribution in [0.15, 0.2) is 24.3 Å². The standard InChI is InChI=1S/C11H10BClN2O4/c12-3-1-2-4-19-9-6-7(11(14)16)5-8(10(9)13)15(17)18/h1-2,5-6H,3-4H2,(H2,14,16)/b2-1+. The number of nitro benzene ring substituents is 1. The molecule has 1 rings (SSSR count). The highest BCUT2D eigenvalue weighted by molar-refractivity contribution is 6.34. The molecule has 0 bridgehead atoms. The highest BCUT2D eigenvalue weighted by atomic mass is 35.5. The van der Waals surface area contributed by atoms with Crippen LogP contribution in [0, 0.1) is 10.1 Å². The number of hydrogen-bond acceptors (Lipinski definition) is 4. The first-order valence-electron chi connectivity index (χ1n) is 5.23. The number of ether oxygens (including phenoxy) is 1. The van der Waals surface area contributed by atoms with Crippen LogP contribution in [0.25, 0.3) is 0 Å². The van der Waals surface area contributed by atoms with Gasteiger partial charge in [0, 0.05) is 11.6 Å². The number of nitro groups is 1. The van der Waals surface area contributed by atoms with Crippen LogP contribution >= 0.6 is 11.6 Å². The van der Waals surface area contributed by atoms with Gasteiger partial charge in [-0.3, -0.25) is 14.9 Å². The number of nitrogens with zero attached hydrogens (tertiary/aromatic N) is 1. The van der Waals surface area contributed by atoms with Gasteiger partial charge in [0.25, 0.3) is 5.69 Å². The maximum Gasteiger partial charge on any atom is 0.292 e. The van der Waals surface area contributed by atoms with E-state index in [0.717, 1.165) is 6.07 Å². The molecule has 1 amide bonds. The van der Waals surface area contributed by atoms with E-state index in [-0.39, 0.29) is 22.9 Å². The molecule has 0 saturated heterocycles. The number of rotatable bonds is 6. The number of carbonyl (C=O) groups excluding carboxylic acids is 1. The Labute approximate surface area is 115 Å². The highest BCUT2D eigenvalue weighted by Crippen LogP contribution is 2.35. The predicted octanol–water partition coefficient (Wildman–Crippen LogP) is 1.87. The zero-order valence-electron chi connectivity index (χ0n) is 9.84. The maximum atomic E-state index is 11.1. The predicted molar refractivity (Wildman–Crippen MR) is 71.8 cm³/mol. The molecule has 0 heterocycles. The van der Waals surface area contributed by atoms with Crippen molar-refractivity contribution in [2.75, 3.05) is 6.61 Å². The fourth-order valence-electron chi connectivity index (χ4n) is 1.27. The Bertz CT molecular complexity index is 534. The molecule has 1 aromatic carbocycles. The van der Waals surface area contributed by atoms with Crippen LogP contribution in [0.3, 0.4) is 0 Å². The number of hydrogen-bond donors (Lipinski definition) is 1. The van der Waals surface area contributed by atoms with Gasteiger partial charge in [-0.15, -0.1) is 0 Å². The lowest BCUT2D eigenvalue weighted by molar-refractivity contribution is -0.384. The number of halogens is 1. The summed E-state index contributed by atoms with van der Waals surface area (Å²) in [6, 6.07) is 2.27. The van der Waals surface area contributed by atoms with Gasteiger partial charge in [-0.25, -0.2) is 0 Å². The Morgan fingerprint density at radius 1 is 1.53 bits per heavy atom. The summed E-state index contributed by atoms with van der Waals surface area (Å²) in [5, 5.41) is 10.6. The van der Waals surface area contributed by atoms with Gasteiger partial charge in [0.15, 0.2) is 5.02 Å². The summed E-state index contributed by atoms with van der Waals surface area (Å²) in [7, 11) is 5.25. The van der Waals surface area contributed by atoms with Crippen LogP contribution in [0.4, 0.5) is 5.69 Å². The molecule has 0 fully saturated rings. The van der Waals surface area contributed by atoms with Crippen LogP contribution in [0.1, 0.15) is 10.4 Å². The molecule has 19 heavy (non-hydrogen) atoms. The quantitative estimate of drug-likeness (QED) is 0.372. The van der Waals surface area contributed by atoms with E-state index in [1.807, 2.05) is 0 Å². The van der Waals surface area contributed by atoms with Crippen molar-refractivity contribution in [3.05, 3.63) is 45.0 Å². The molecule has 0 atom stereocenters. The normalized spacial score (nSPS) is 10.6. The fourth-order valence-corrected chi connectivity index (χ4v) is 1.50. The van der Waals surface area contributed by atoms with E-state index >= 15 is 0 Å². The second-order valence-electron chi connectivity index (χ2n) is 3.45. The number of nitrogens with two attached hydrogens (primary N) is 1. The second kappa shape index (κ2) is 6.79. The number of carbonyl (C=O) groups is 1. The Kier molecular flexibility index (Phi) is 5.38. The summed E-state index contributed by atoms with van der Waals surface area (Å²) < 4.78 is 5.23. The number of amides is 1. The lowest BCUT2D eigenvalue weighted by atomic mass is 10.1. The van der Waals surface area contributed by atoms with Gasteiger partial charge in [-0.1, -0.05) is 30.1 Å². The molecule has 0 unspecified atom stereocenters. The smallest absolute Gasteiger partial charge is 0.292 e. The van der Waals surface area contributed by atoms with E-state index < -0.39 is 16.5 Å². The zero-order chi connectivity index (χ0) is 14.4. The van der Waals surface area contributed by atoms with Crippen molar-refractivity contribution in [2.24, 2.45) is 5.73 Å². The topological polar surface area (TPSA) is 95.5 Å². The van der Waals surface area contributed by atoms with Crippen molar-refractivity contribution in [3.63, 3.8) is 0 Å². The maximum absolute atomic E-state index is 11.1. The summed E-state index contributed by atoms with van der Waals surface area (Å²) in [5.74, 6) is -0.784. The lowest BCUT2D eigenvalue weighted by Crippen LogP contribution is -2.12. The molecule has 8 heteroatoms. The molecule has 6 nitrogen and oxygen atoms in total. The van der Waals surface area contributed by atoms with Gasteiger partial charge in [0.1, 0.15) is 12.4 Å². The SMILES string of the molecule is [B]C/C=C/COc1cc(C(N)=O)cc([N+](=O)[O-])c1Cl. The van der Waals surface area contributed by atoms with Crippen molar-refractivity contribution in [1.82, 2.24) is 0 Å². The van der Waals surface area contributed by atoms with Crippen molar-refractivity contribution >= 4 is 31.0 Å². The van der Waals surface area contributed by atoms with Gasteiger partial charge >= 0.3 is 0 Å². The molecule has 0 saturated carbocycles.